The second-order valence-corrected chi connectivity index (χ2v) is 6.13. The van der Waals surface area contributed by atoms with E-state index in [0.29, 0.717) is 24.3 Å². The summed E-state index contributed by atoms with van der Waals surface area (Å²) < 4.78 is 6.51. The van der Waals surface area contributed by atoms with Crippen molar-refractivity contribution in [3.05, 3.63) is 82.1 Å². The van der Waals surface area contributed by atoms with E-state index in [9.17, 15) is 9.59 Å². The molecule has 3 aromatic rings. The topological polar surface area (TPSA) is 73.2 Å². The number of aromatic nitrogens is 2. The highest BCUT2D eigenvalue weighted by Gasteiger charge is 2.07. The summed E-state index contributed by atoms with van der Waals surface area (Å²) in [6.45, 7) is 2.57. The molecule has 0 unspecified atom stereocenters. The van der Waals surface area contributed by atoms with Crippen molar-refractivity contribution >= 4 is 5.91 Å². The molecule has 1 aromatic heterocycles. The van der Waals surface area contributed by atoms with Crippen LogP contribution < -0.4 is 15.6 Å². The Kier molecular flexibility index (Phi) is 5.66. The molecule has 6 heteroatoms. The maximum Gasteiger partial charge on any atom is 0.266 e. The molecule has 1 amide bonds. The SMILES string of the molecule is COc1ccc(-c2ccc(=O)n(CCNC(=O)c3ccc(C)cc3)n2)cc1. The minimum Gasteiger partial charge on any atom is -0.497 e. The summed E-state index contributed by atoms with van der Waals surface area (Å²) in [5.74, 6) is 0.584. The normalized spacial score (nSPS) is 10.4. The molecule has 1 heterocycles. The van der Waals surface area contributed by atoms with E-state index in [1.54, 1.807) is 25.3 Å². The van der Waals surface area contributed by atoms with E-state index in [2.05, 4.69) is 10.4 Å². The van der Waals surface area contributed by atoms with Gasteiger partial charge in [-0.3, -0.25) is 9.59 Å². The second kappa shape index (κ2) is 8.31. The molecule has 1 N–H and O–H groups in total. The van der Waals surface area contributed by atoms with Gasteiger partial charge in [-0.05, 0) is 49.4 Å². The van der Waals surface area contributed by atoms with Crippen molar-refractivity contribution in [3.8, 4) is 17.0 Å². The molecule has 0 spiro atoms. The third kappa shape index (κ3) is 4.61. The van der Waals surface area contributed by atoms with E-state index in [1.807, 2.05) is 43.3 Å². The fraction of sp³-hybridized carbons (Fsp3) is 0.190. The second-order valence-electron chi connectivity index (χ2n) is 6.13. The monoisotopic (exact) mass is 363 g/mol. The Morgan fingerprint density at radius 2 is 1.74 bits per heavy atom. The highest BCUT2D eigenvalue weighted by Crippen LogP contribution is 2.19. The Bertz CT molecular complexity index is 977. The zero-order valence-corrected chi connectivity index (χ0v) is 15.3. The molecule has 0 bridgehead atoms. The van der Waals surface area contributed by atoms with Crippen LogP contribution in [-0.2, 0) is 6.54 Å². The molecule has 0 saturated heterocycles. The maximum absolute atomic E-state index is 12.1. The number of amides is 1. The van der Waals surface area contributed by atoms with Gasteiger partial charge in [-0.25, -0.2) is 4.68 Å². The number of nitrogens with one attached hydrogen (secondary N) is 1. The van der Waals surface area contributed by atoms with Crippen molar-refractivity contribution in [1.82, 2.24) is 15.1 Å². The van der Waals surface area contributed by atoms with Gasteiger partial charge in [-0.2, -0.15) is 5.10 Å². The van der Waals surface area contributed by atoms with Crippen LogP contribution in [0.4, 0.5) is 0 Å². The average molecular weight is 363 g/mol. The van der Waals surface area contributed by atoms with Crippen molar-refractivity contribution in [2.75, 3.05) is 13.7 Å². The van der Waals surface area contributed by atoms with Gasteiger partial charge in [0.2, 0.25) is 0 Å². The van der Waals surface area contributed by atoms with Crippen molar-refractivity contribution in [3.63, 3.8) is 0 Å². The largest absolute Gasteiger partial charge is 0.497 e. The van der Waals surface area contributed by atoms with Gasteiger partial charge < -0.3 is 10.1 Å². The summed E-state index contributed by atoms with van der Waals surface area (Å²) in [6.07, 6.45) is 0. The van der Waals surface area contributed by atoms with Gasteiger partial charge in [0, 0.05) is 23.7 Å². The number of aryl methyl sites for hydroxylation is 1. The standard InChI is InChI=1S/C21H21N3O3/c1-15-3-5-17(6-4-15)21(26)22-13-14-24-20(25)12-11-19(23-24)16-7-9-18(27-2)10-8-16/h3-12H,13-14H2,1-2H3,(H,22,26). The number of rotatable bonds is 6. The van der Waals surface area contributed by atoms with E-state index >= 15 is 0 Å². The molecule has 0 aliphatic heterocycles. The molecule has 138 valence electrons. The zero-order chi connectivity index (χ0) is 19.2. The molecule has 3 rings (SSSR count). The van der Waals surface area contributed by atoms with Gasteiger partial charge in [-0.15, -0.1) is 0 Å². The number of benzene rings is 2. The molecule has 2 aromatic carbocycles. The maximum atomic E-state index is 12.1. The van der Waals surface area contributed by atoms with Crippen LogP contribution in [0.2, 0.25) is 0 Å². The van der Waals surface area contributed by atoms with Crippen LogP contribution in [0.15, 0.2) is 65.5 Å². The Balaban J connectivity index is 1.66. The lowest BCUT2D eigenvalue weighted by Crippen LogP contribution is -2.31. The number of hydrogen-bond donors (Lipinski definition) is 1. The predicted molar refractivity (Wildman–Crippen MR) is 104 cm³/mol. The van der Waals surface area contributed by atoms with Crippen LogP contribution >= 0.6 is 0 Å². The van der Waals surface area contributed by atoms with Crippen LogP contribution in [-0.4, -0.2) is 29.3 Å². The number of carbonyl (C=O) groups excluding carboxylic acids is 1. The number of nitrogens with zero attached hydrogens (tertiary/aromatic N) is 2. The molecule has 27 heavy (non-hydrogen) atoms. The van der Waals surface area contributed by atoms with Gasteiger partial charge in [0.25, 0.3) is 11.5 Å². The summed E-state index contributed by atoms with van der Waals surface area (Å²) >= 11 is 0. The first-order valence-corrected chi connectivity index (χ1v) is 8.64. The molecule has 0 radical (unpaired) electrons. The Morgan fingerprint density at radius 3 is 2.41 bits per heavy atom. The van der Waals surface area contributed by atoms with Crippen molar-refractivity contribution in [2.45, 2.75) is 13.5 Å². The summed E-state index contributed by atoms with van der Waals surface area (Å²) in [5.41, 5.74) is 3.04. The zero-order valence-electron chi connectivity index (χ0n) is 15.3. The average Bonchev–Trinajstić information content (AvgIpc) is 2.70. The van der Waals surface area contributed by atoms with Crippen LogP contribution in [0.3, 0.4) is 0 Å². The molecule has 6 nitrogen and oxygen atoms in total. The summed E-state index contributed by atoms with van der Waals surface area (Å²) in [4.78, 5) is 24.2. The Hall–Kier alpha value is -3.41. The van der Waals surface area contributed by atoms with E-state index in [0.717, 1.165) is 16.9 Å². The summed E-state index contributed by atoms with van der Waals surface area (Å²) in [7, 11) is 1.61. The molecule has 0 fully saturated rings. The number of hydrogen-bond acceptors (Lipinski definition) is 4. The fourth-order valence-electron chi connectivity index (χ4n) is 2.61. The third-order valence-electron chi connectivity index (χ3n) is 4.18. The van der Waals surface area contributed by atoms with E-state index in [4.69, 9.17) is 4.74 Å². The minimum absolute atomic E-state index is 0.172. The number of carbonyl (C=O) groups is 1. The summed E-state index contributed by atoms with van der Waals surface area (Å²) in [5, 5.41) is 7.20. The molecular formula is C21H21N3O3. The molecule has 0 saturated carbocycles. The molecule has 0 aliphatic rings. The number of methoxy groups -OCH3 is 1. The summed E-state index contributed by atoms with van der Waals surface area (Å²) in [6, 6.07) is 17.9. The lowest BCUT2D eigenvalue weighted by atomic mass is 10.1. The van der Waals surface area contributed by atoms with Crippen LogP contribution in [0.5, 0.6) is 5.75 Å². The minimum atomic E-state index is -0.211. The third-order valence-corrected chi connectivity index (χ3v) is 4.18. The van der Waals surface area contributed by atoms with E-state index < -0.39 is 0 Å². The fourth-order valence-corrected chi connectivity index (χ4v) is 2.61. The first kappa shape index (κ1) is 18.4. The van der Waals surface area contributed by atoms with Crippen molar-refractivity contribution in [1.29, 1.82) is 0 Å². The number of ether oxygens (including phenoxy) is 1. The molecule has 0 aliphatic carbocycles. The Labute approximate surface area is 157 Å². The Morgan fingerprint density at radius 1 is 1.04 bits per heavy atom. The van der Waals surface area contributed by atoms with Gasteiger partial charge >= 0.3 is 0 Å². The highest BCUT2D eigenvalue weighted by atomic mass is 16.5. The van der Waals surface area contributed by atoms with E-state index in [-0.39, 0.29) is 11.5 Å². The lowest BCUT2D eigenvalue weighted by Gasteiger charge is -2.09. The van der Waals surface area contributed by atoms with Gasteiger partial charge in [0.15, 0.2) is 0 Å². The van der Waals surface area contributed by atoms with Crippen LogP contribution in [0.25, 0.3) is 11.3 Å². The van der Waals surface area contributed by atoms with Gasteiger partial charge in [0.1, 0.15) is 5.75 Å². The van der Waals surface area contributed by atoms with Gasteiger partial charge in [-0.1, -0.05) is 17.7 Å². The van der Waals surface area contributed by atoms with Crippen molar-refractivity contribution < 1.29 is 9.53 Å². The smallest absolute Gasteiger partial charge is 0.266 e. The first-order chi connectivity index (χ1) is 13.1. The molecule has 0 atom stereocenters. The van der Waals surface area contributed by atoms with E-state index in [1.165, 1.54) is 10.7 Å². The van der Waals surface area contributed by atoms with Crippen molar-refractivity contribution in [2.24, 2.45) is 0 Å². The lowest BCUT2D eigenvalue weighted by molar-refractivity contribution is 0.0951. The predicted octanol–water partition coefficient (Wildman–Crippen LogP) is 2.66. The van der Waals surface area contributed by atoms with Crippen LogP contribution in [0.1, 0.15) is 15.9 Å². The van der Waals surface area contributed by atoms with Gasteiger partial charge in [0.05, 0.1) is 19.3 Å². The quantitative estimate of drug-likeness (QED) is 0.731. The molecular weight excluding hydrogens is 342 g/mol. The van der Waals surface area contributed by atoms with Crippen LogP contribution in [0, 0.1) is 6.92 Å². The highest BCUT2D eigenvalue weighted by molar-refractivity contribution is 5.94. The first-order valence-electron chi connectivity index (χ1n) is 8.64.